The third-order valence-electron chi connectivity index (χ3n) is 5.33. The van der Waals surface area contributed by atoms with Crippen LogP contribution < -0.4 is 0 Å². The molecule has 1 heterocycles. The maximum absolute atomic E-state index is 13.7. The van der Waals surface area contributed by atoms with Crippen LogP contribution in [0.3, 0.4) is 0 Å². The molecule has 1 atom stereocenters. The highest BCUT2D eigenvalue weighted by molar-refractivity contribution is 6.10. The lowest BCUT2D eigenvalue weighted by Crippen LogP contribution is -2.57. The molecule has 134 valence electrons. The van der Waals surface area contributed by atoms with Gasteiger partial charge in [0, 0.05) is 18.5 Å². The summed E-state index contributed by atoms with van der Waals surface area (Å²) < 4.78 is 0. The minimum atomic E-state index is -1.08. The van der Waals surface area contributed by atoms with E-state index < -0.39 is 10.8 Å². The Balaban J connectivity index is 2.32. The summed E-state index contributed by atoms with van der Waals surface area (Å²) in [5.41, 5.74) is -0.309. The summed E-state index contributed by atoms with van der Waals surface area (Å²) in [6.07, 6.45) is 3.62. The Bertz CT molecular complexity index is 856. The van der Waals surface area contributed by atoms with E-state index in [-0.39, 0.29) is 17.4 Å². The topological polar surface area (TPSA) is 41.7 Å². The molecule has 0 bridgehead atoms. The zero-order valence-corrected chi connectivity index (χ0v) is 15.7. The van der Waals surface area contributed by atoms with E-state index in [0.717, 1.165) is 11.1 Å². The van der Waals surface area contributed by atoms with Crippen LogP contribution in [0.15, 0.2) is 53.8 Å². The predicted octanol–water partition coefficient (Wildman–Crippen LogP) is 3.76. The van der Waals surface area contributed by atoms with Crippen LogP contribution in [-0.2, 0) is 15.0 Å². The van der Waals surface area contributed by atoms with Crippen molar-refractivity contribution < 1.29 is 9.59 Å². The van der Waals surface area contributed by atoms with Gasteiger partial charge >= 0.3 is 0 Å². The van der Waals surface area contributed by atoms with E-state index in [1.807, 2.05) is 55.2 Å². The third kappa shape index (κ3) is 2.50. The van der Waals surface area contributed by atoms with E-state index in [4.69, 9.17) is 6.57 Å². The van der Waals surface area contributed by atoms with Crippen molar-refractivity contribution in [3.8, 4) is 0 Å². The quantitative estimate of drug-likeness (QED) is 0.616. The summed E-state index contributed by atoms with van der Waals surface area (Å²) in [5.74, 6) is 0.0799. The number of amides is 1. The molecule has 4 nitrogen and oxygen atoms in total. The van der Waals surface area contributed by atoms with Crippen LogP contribution in [0.5, 0.6) is 0 Å². The highest BCUT2D eigenvalue weighted by Crippen LogP contribution is 2.52. The fourth-order valence-corrected chi connectivity index (χ4v) is 4.16. The molecule has 0 unspecified atom stereocenters. The Hall–Kier alpha value is -2.67. The molecule has 4 heteroatoms. The van der Waals surface area contributed by atoms with Gasteiger partial charge in [-0.05, 0) is 17.1 Å². The van der Waals surface area contributed by atoms with Crippen molar-refractivity contribution in [1.82, 2.24) is 4.90 Å². The van der Waals surface area contributed by atoms with Gasteiger partial charge in [-0.1, -0.05) is 70.2 Å². The van der Waals surface area contributed by atoms with Crippen molar-refractivity contribution in [2.75, 3.05) is 13.1 Å². The third-order valence-corrected chi connectivity index (χ3v) is 5.33. The number of hydrogen-bond donors (Lipinski definition) is 0. The fourth-order valence-electron chi connectivity index (χ4n) is 4.16. The maximum Gasteiger partial charge on any atom is 0.240 e. The van der Waals surface area contributed by atoms with Crippen molar-refractivity contribution in [2.24, 2.45) is 11.3 Å². The van der Waals surface area contributed by atoms with Gasteiger partial charge in [-0.3, -0.25) is 4.79 Å². The predicted molar refractivity (Wildman–Crippen MR) is 101 cm³/mol. The lowest BCUT2D eigenvalue weighted by atomic mass is 9.57. The molecule has 1 aliphatic heterocycles. The van der Waals surface area contributed by atoms with Gasteiger partial charge in [0.15, 0.2) is 5.78 Å². The van der Waals surface area contributed by atoms with Crippen LogP contribution in [0.2, 0.25) is 0 Å². The molecule has 2 aliphatic rings. The maximum atomic E-state index is 13.7. The average Bonchev–Trinajstić information content (AvgIpc) is 2.61. The monoisotopic (exact) mass is 348 g/mol. The molecule has 1 aromatic carbocycles. The molecule has 0 aromatic heterocycles. The summed E-state index contributed by atoms with van der Waals surface area (Å²) in [6.45, 7) is 16.4. The number of hydrogen-bond acceptors (Lipinski definition) is 2. The van der Waals surface area contributed by atoms with Crippen molar-refractivity contribution in [3.05, 3.63) is 70.7 Å². The van der Waals surface area contributed by atoms with Crippen molar-refractivity contribution in [1.29, 1.82) is 0 Å². The van der Waals surface area contributed by atoms with Crippen LogP contribution in [0.25, 0.3) is 4.85 Å². The van der Waals surface area contributed by atoms with Gasteiger partial charge in [0.1, 0.15) is 5.41 Å². The van der Waals surface area contributed by atoms with Crippen LogP contribution in [0.4, 0.5) is 0 Å². The molecule has 26 heavy (non-hydrogen) atoms. The molecular formula is C22H24N2O2. The van der Waals surface area contributed by atoms with Gasteiger partial charge in [0.25, 0.3) is 0 Å². The molecule has 0 N–H and O–H groups in total. The summed E-state index contributed by atoms with van der Waals surface area (Å²) >= 11 is 0. The Morgan fingerprint density at radius 3 is 2.42 bits per heavy atom. The number of nitrogens with zero attached hydrogens (tertiary/aromatic N) is 2. The zero-order chi connectivity index (χ0) is 19.1. The Morgan fingerprint density at radius 2 is 1.85 bits per heavy atom. The van der Waals surface area contributed by atoms with Crippen LogP contribution in [0, 0.1) is 17.9 Å². The number of allylic oxidation sites excluding steroid dienone is 1. The highest BCUT2D eigenvalue weighted by Gasteiger charge is 2.56. The minimum absolute atomic E-state index is 0.0448. The number of benzene rings is 1. The first-order valence-electron chi connectivity index (χ1n) is 8.96. The number of rotatable bonds is 3. The molecule has 0 saturated heterocycles. The molecule has 0 radical (unpaired) electrons. The standard InChI is InChI=1S/C22H24N2O2/c1-15(2)14-24-12-11-18-21(3,4)19(25)17(23-5)13-22(18,20(24)26)16-9-7-6-8-10-16/h6-11,13,15H,12,14H2,1-4H3/t22-/m0/s1. The van der Waals surface area contributed by atoms with Crippen LogP contribution in [0.1, 0.15) is 33.3 Å². The van der Waals surface area contributed by atoms with Gasteiger partial charge in [-0.15, -0.1) is 0 Å². The first-order chi connectivity index (χ1) is 12.2. The van der Waals surface area contributed by atoms with Crippen LogP contribution in [-0.4, -0.2) is 29.7 Å². The second-order valence-corrected chi connectivity index (χ2v) is 7.99. The summed E-state index contributed by atoms with van der Waals surface area (Å²) in [5, 5.41) is 0. The molecule has 0 fully saturated rings. The molecule has 0 saturated carbocycles. The van der Waals surface area contributed by atoms with E-state index in [1.54, 1.807) is 6.08 Å². The largest absolute Gasteiger partial charge is 0.337 e. The van der Waals surface area contributed by atoms with Crippen molar-refractivity contribution in [3.63, 3.8) is 0 Å². The Kier molecular flexibility index (Phi) is 4.36. The molecule has 1 aromatic rings. The number of ketones is 1. The molecular weight excluding hydrogens is 324 g/mol. The first kappa shape index (κ1) is 18.1. The molecule has 0 spiro atoms. The lowest BCUT2D eigenvalue weighted by Gasteiger charge is -2.49. The smallest absolute Gasteiger partial charge is 0.240 e. The van der Waals surface area contributed by atoms with Gasteiger partial charge in [0.05, 0.1) is 6.57 Å². The average molecular weight is 348 g/mol. The summed E-state index contributed by atoms with van der Waals surface area (Å²) in [4.78, 5) is 31.8. The first-order valence-corrected chi connectivity index (χ1v) is 8.96. The highest BCUT2D eigenvalue weighted by atomic mass is 16.2. The molecule has 3 rings (SSSR count). The van der Waals surface area contributed by atoms with E-state index >= 15 is 0 Å². The van der Waals surface area contributed by atoms with Gasteiger partial charge in [0.2, 0.25) is 11.6 Å². The number of Topliss-reactive ketones (excluding diaryl/α,β-unsaturated/α-hetero) is 1. The van der Waals surface area contributed by atoms with E-state index in [2.05, 4.69) is 18.7 Å². The number of carbonyl (C=O) groups excluding carboxylic acids is 2. The Labute approximate surface area is 155 Å². The number of fused-ring (bicyclic) bond motifs is 1. The summed E-state index contributed by atoms with van der Waals surface area (Å²) in [6, 6.07) is 9.51. The normalized spacial score (nSPS) is 24.7. The fraction of sp³-hybridized carbons (Fsp3) is 0.409. The minimum Gasteiger partial charge on any atom is -0.337 e. The van der Waals surface area contributed by atoms with Crippen molar-refractivity contribution in [2.45, 2.75) is 33.1 Å². The second-order valence-electron chi connectivity index (χ2n) is 7.99. The van der Waals surface area contributed by atoms with E-state index in [9.17, 15) is 9.59 Å². The molecule has 1 aliphatic carbocycles. The van der Waals surface area contributed by atoms with Gasteiger partial charge in [-0.2, -0.15) is 0 Å². The lowest BCUT2D eigenvalue weighted by molar-refractivity contribution is -0.136. The van der Waals surface area contributed by atoms with Crippen molar-refractivity contribution >= 4 is 11.7 Å². The van der Waals surface area contributed by atoms with Gasteiger partial charge in [-0.25, -0.2) is 4.85 Å². The van der Waals surface area contributed by atoms with Crippen LogP contribution >= 0.6 is 0 Å². The molecule has 1 amide bonds. The number of carbonyl (C=O) groups is 2. The van der Waals surface area contributed by atoms with E-state index in [0.29, 0.717) is 19.0 Å². The zero-order valence-electron chi connectivity index (χ0n) is 15.7. The SMILES string of the molecule is [C-]#[N+]C1=C[C@@]2(c3ccccc3)C(=O)N(CC(C)C)CC=C2C(C)(C)C1=O. The van der Waals surface area contributed by atoms with Gasteiger partial charge < -0.3 is 9.69 Å². The second kappa shape index (κ2) is 6.25. The van der Waals surface area contributed by atoms with E-state index in [1.165, 1.54) is 0 Å². The summed E-state index contributed by atoms with van der Waals surface area (Å²) in [7, 11) is 0. The Morgan fingerprint density at radius 1 is 1.19 bits per heavy atom.